The van der Waals surface area contributed by atoms with Gasteiger partial charge < -0.3 is 9.47 Å². The van der Waals surface area contributed by atoms with Crippen LogP contribution in [-0.4, -0.2) is 43.1 Å². The molecule has 36 heavy (non-hydrogen) atoms. The molecule has 2 aromatic carbocycles. The molecule has 1 aliphatic carbocycles. The monoisotopic (exact) mass is 489 g/mol. The van der Waals surface area contributed by atoms with Crippen LogP contribution in [0.1, 0.15) is 62.6 Å². The van der Waals surface area contributed by atoms with Crippen molar-refractivity contribution in [3.63, 3.8) is 0 Å². The number of nitrogens with zero attached hydrogens (tertiary/aromatic N) is 1. The number of carbonyl (C=O) groups excluding carboxylic acids is 2. The number of carbonyl (C=O) groups is 2. The molecule has 0 aromatic heterocycles. The zero-order chi connectivity index (χ0) is 25.7. The van der Waals surface area contributed by atoms with E-state index in [0.717, 1.165) is 31.6 Å². The fourth-order valence-electron chi connectivity index (χ4n) is 5.81. The van der Waals surface area contributed by atoms with Gasteiger partial charge in [-0.1, -0.05) is 80.1 Å². The van der Waals surface area contributed by atoms with Crippen LogP contribution < -0.4 is 0 Å². The molecule has 0 amide bonds. The first kappa shape index (κ1) is 26.2. The fraction of sp³-hybridized carbons (Fsp3) is 0.484. The predicted molar refractivity (Wildman–Crippen MR) is 141 cm³/mol. The van der Waals surface area contributed by atoms with Gasteiger partial charge in [0.15, 0.2) is 0 Å². The fourth-order valence-corrected chi connectivity index (χ4v) is 5.81. The Hall–Kier alpha value is -2.92. The third-order valence-corrected chi connectivity index (χ3v) is 7.58. The maximum Gasteiger partial charge on any atom is 0.310 e. The Morgan fingerprint density at radius 1 is 0.944 bits per heavy atom. The molecule has 4 rings (SSSR count). The summed E-state index contributed by atoms with van der Waals surface area (Å²) in [7, 11) is 0. The minimum Gasteiger partial charge on any atom is -0.466 e. The lowest BCUT2D eigenvalue weighted by molar-refractivity contribution is -0.164. The van der Waals surface area contributed by atoms with E-state index in [2.05, 4.69) is 73.4 Å². The van der Waals surface area contributed by atoms with E-state index >= 15 is 0 Å². The molecule has 2 aliphatic rings. The highest BCUT2D eigenvalue weighted by Crippen LogP contribution is 2.47. The van der Waals surface area contributed by atoms with Gasteiger partial charge in [0, 0.05) is 31.5 Å². The van der Waals surface area contributed by atoms with E-state index in [9.17, 15) is 9.59 Å². The number of likely N-dealkylation sites (tertiary alicyclic amines) is 1. The highest BCUT2D eigenvalue weighted by Gasteiger charge is 2.50. The van der Waals surface area contributed by atoms with Crippen molar-refractivity contribution in [2.75, 3.05) is 26.3 Å². The zero-order valence-corrected chi connectivity index (χ0v) is 22.0. The molecule has 1 fully saturated rings. The summed E-state index contributed by atoms with van der Waals surface area (Å²) in [5.74, 6) is -1.71. The smallest absolute Gasteiger partial charge is 0.310 e. The first-order valence-corrected chi connectivity index (χ1v) is 13.3. The standard InChI is InChI=1S/C31H39NO4/c1-5-35-30(33)28-26(24-14-10-13-23(17-24)21(3)4)18-25-15-16-32(19-22-11-8-7-9-12-22)20-27(25)29(28)31(34)36-6-2/h7-14,17-18,21,26-29H,5-6,15-16,19-20H2,1-4H3. The minimum absolute atomic E-state index is 0.0690. The van der Waals surface area contributed by atoms with Gasteiger partial charge in [-0.05, 0) is 42.9 Å². The summed E-state index contributed by atoms with van der Waals surface area (Å²) in [4.78, 5) is 29.4. The van der Waals surface area contributed by atoms with E-state index in [1.165, 1.54) is 16.7 Å². The van der Waals surface area contributed by atoms with Crippen LogP contribution in [0.5, 0.6) is 0 Å². The number of hydrogen-bond acceptors (Lipinski definition) is 5. The quantitative estimate of drug-likeness (QED) is 0.351. The van der Waals surface area contributed by atoms with Crippen LogP contribution in [0.3, 0.4) is 0 Å². The topological polar surface area (TPSA) is 55.8 Å². The van der Waals surface area contributed by atoms with Crippen molar-refractivity contribution in [1.82, 2.24) is 4.90 Å². The lowest BCUT2D eigenvalue weighted by Crippen LogP contribution is -2.50. The summed E-state index contributed by atoms with van der Waals surface area (Å²) in [5, 5.41) is 0. The van der Waals surface area contributed by atoms with E-state index in [0.29, 0.717) is 5.92 Å². The third-order valence-electron chi connectivity index (χ3n) is 7.58. The van der Waals surface area contributed by atoms with Gasteiger partial charge in [-0.15, -0.1) is 0 Å². The maximum absolute atomic E-state index is 13.5. The number of allylic oxidation sites excluding steroid dienone is 1. The van der Waals surface area contributed by atoms with Gasteiger partial charge in [0.2, 0.25) is 0 Å². The molecular weight excluding hydrogens is 450 g/mol. The van der Waals surface area contributed by atoms with Crippen LogP contribution in [0.25, 0.3) is 0 Å². The third kappa shape index (κ3) is 5.73. The first-order chi connectivity index (χ1) is 17.4. The number of rotatable bonds is 8. The summed E-state index contributed by atoms with van der Waals surface area (Å²) < 4.78 is 11.2. The van der Waals surface area contributed by atoms with Gasteiger partial charge in [-0.2, -0.15) is 0 Å². The molecule has 192 valence electrons. The SMILES string of the molecule is CCOC(=O)C1C2CN(Cc3ccccc3)CCC2=CC(c2cccc(C(C)C)c2)C1C(=O)OCC. The molecule has 1 heterocycles. The lowest BCUT2D eigenvalue weighted by Gasteiger charge is -2.45. The number of benzene rings is 2. The molecule has 0 bridgehead atoms. The first-order valence-electron chi connectivity index (χ1n) is 13.3. The summed E-state index contributed by atoms with van der Waals surface area (Å²) in [6.45, 7) is 11.0. The van der Waals surface area contributed by atoms with Crippen molar-refractivity contribution >= 4 is 11.9 Å². The average Bonchev–Trinajstić information content (AvgIpc) is 2.88. The second-order valence-electron chi connectivity index (χ2n) is 10.2. The van der Waals surface area contributed by atoms with Crippen molar-refractivity contribution in [3.05, 3.63) is 82.9 Å². The second kappa shape index (κ2) is 11.9. The molecule has 0 radical (unpaired) electrons. The molecule has 0 saturated carbocycles. The van der Waals surface area contributed by atoms with Gasteiger partial charge in [0.1, 0.15) is 0 Å². The Bertz CT molecular complexity index is 1080. The van der Waals surface area contributed by atoms with Crippen LogP contribution >= 0.6 is 0 Å². The molecule has 0 spiro atoms. The lowest BCUT2D eigenvalue weighted by atomic mass is 9.63. The molecule has 2 aromatic rings. The van der Waals surface area contributed by atoms with Gasteiger partial charge in [-0.25, -0.2) is 0 Å². The van der Waals surface area contributed by atoms with Gasteiger partial charge in [-0.3, -0.25) is 14.5 Å². The van der Waals surface area contributed by atoms with E-state index in [-0.39, 0.29) is 37.0 Å². The molecule has 4 unspecified atom stereocenters. The zero-order valence-electron chi connectivity index (χ0n) is 22.0. The summed E-state index contributed by atoms with van der Waals surface area (Å²) in [6, 6.07) is 18.8. The summed E-state index contributed by atoms with van der Waals surface area (Å²) in [5.41, 5.74) is 4.80. The molecule has 0 N–H and O–H groups in total. The highest BCUT2D eigenvalue weighted by atomic mass is 16.5. The second-order valence-corrected chi connectivity index (χ2v) is 10.2. The molecule has 5 heteroatoms. The number of esters is 2. The van der Waals surface area contributed by atoms with Crippen LogP contribution in [0.2, 0.25) is 0 Å². The van der Waals surface area contributed by atoms with Crippen LogP contribution in [0, 0.1) is 17.8 Å². The minimum atomic E-state index is -0.614. The molecule has 5 nitrogen and oxygen atoms in total. The Morgan fingerprint density at radius 3 is 2.31 bits per heavy atom. The number of hydrogen-bond donors (Lipinski definition) is 0. The largest absolute Gasteiger partial charge is 0.466 e. The highest BCUT2D eigenvalue weighted by molar-refractivity contribution is 5.84. The van der Waals surface area contributed by atoms with Crippen molar-refractivity contribution in [2.45, 2.75) is 52.5 Å². The number of fused-ring (bicyclic) bond motifs is 1. The van der Waals surface area contributed by atoms with Gasteiger partial charge in [0.25, 0.3) is 0 Å². The Balaban J connectivity index is 1.74. The van der Waals surface area contributed by atoms with E-state index in [1.807, 2.05) is 19.9 Å². The van der Waals surface area contributed by atoms with Crippen LogP contribution in [-0.2, 0) is 25.6 Å². The van der Waals surface area contributed by atoms with Crippen molar-refractivity contribution in [3.8, 4) is 0 Å². The van der Waals surface area contributed by atoms with E-state index in [1.54, 1.807) is 0 Å². The summed E-state index contributed by atoms with van der Waals surface area (Å²) >= 11 is 0. The normalized spacial score (nSPS) is 24.1. The maximum atomic E-state index is 13.5. The number of ether oxygens (including phenoxy) is 2. The summed E-state index contributed by atoms with van der Waals surface area (Å²) in [6.07, 6.45) is 3.14. The average molecular weight is 490 g/mol. The van der Waals surface area contributed by atoms with E-state index in [4.69, 9.17) is 9.47 Å². The molecule has 4 atom stereocenters. The van der Waals surface area contributed by atoms with Crippen molar-refractivity contribution < 1.29 is 19.1 Å². The predicted octanol–water partition coefficient (Wildman–Crippen LogP) is 5.71. The van der Waals surface area contributed by atoms with Crippen LogP contribution in [0.15, 0.2) is 66.2 Å². The van der Waals surface area contributed by atoms with Gasteiger partial charge in [0.05, 0.1) is 25.0 Å². The Labute approximate surface area is 215 Å². The van der Waals surface area contributed by atoms with Gasteiger partial charge >= 0.3 is 11.9 Å². The van der Waals surface area contributed by atoms with Crippen molar-refractivity contribution in [1.29, 1.82) is 0 Å². The van der Waals surface area contributed by atoms with Crippen LogP contribution in [0.4, 0.5) is 0 Å². The van der Waals surface area contributed by atoms with Crippen molar-refractivity contribution in [2.24, 2.45) is 17.8 Å². The number of piperidine rings is 1. The molecule has 1 saturated heterocycles. The Morgan fingerprint density at radius 2 is 1.64 bits per heavy atom. The molecule has 1 aliphatic heterocycles. The van der Waals surface area contributed by atoms with E-state index < -0.39 is 11.8 Å². The Kier molecular flexibility index (Phi) is 8.63. The molecular formula is C31H39NO4.